The van der Waals surface area contributed by atoms with Crippen LogP contribution in [-0.2, 0) is 6.42 Å². The largest absolute Gasteiger partial charge is 0.469 e. The van der Waals surface area contributed by atoms with E-state index >= 15 is 0 Å². The fraction of sp³-hybridized carbons (Fsp3) is 0.636. The molecular weight excluding hydrogens is 176 g/mol. The third-order valence-corrected chi connectivity index (χ3v) is 2.28. The number of furan rings is 1. The lowest BCUT2D eigenvalue weighted by molar-refractivity contribution is 0.465. The smallest absolute Gasteiger partial charge is 0.105 e. The van der Waals surface area contributed by atoms with Gasteiger partial charge in [-0.05, 0) is 37.6 Å². The number of nitrogens with two attached hydrogens (primary N) is 1. The maximum absolute atomic E-state index is 5.47. The summed E-state index contributed by atoms with van der Waals surface area (Å²) in [5, 5.41) is 3.39. The van der Waals surface area contributed by atoms with Crippen LogP contribution in [0.4, 0.5) is 0 Å². The van der Waals surface area contributed by atoms with Crippen molar-refractivity contribution in [2.45, 2.75) is 19.8 Å². The first-order chi connectivity index (χ1) is 6.83. The van der Waals surface area contributed by atoms with E-state index in [-0.39, 0.29) is 0 Å². The van der Waals surface area contributed by atoms with Crippen molar-refractivity contribution >= 4 is 0 Å². The molecule has 0 aliphatic carbocycles. The minimum atomic E-state index is 0.664. The van der Waals surface area contributed by atoms with E-state index in [1.807, 2.05) is 12.1 Å². The fourth-order valence-electron chi connectivity index (χ4n) is 1.40. The molecule has 1 rings (SSSR count). The maximum atomic E-state index is 5.47. The maximum Gasteiger partial charge on any atom is 0.105 e. The quantitative estimate of drug-likeness (QED) is 0.648. The van der Waals surface area contributed by atoms with Crippen LogP contribution in [0.3, 0.4) is 0 Å². The Morgan fingerprint density at radius 2 is 2.43 bits per heavy atom. The Bertz CT molecular complexity index is 221. The molecule has 0 fully saturated rings. The van der Waals surface area contributed by atoms with E-state index in [2.05, 4.69) is 12.2 Å². The summed E-state index contributed by atoms with van der Waals surface area (Å²) < 4.78 is 5.23. The summed E-state index contributed by atoms with van der Waals surface area (Å²) in [4.78, 5) is 0. The van der Waals surface area contributed by atoms with Gasteiger partial charge in [0.1, 0.15) is 5.76 Å². The van der Waals surface area contributed by atoms with Gasteiger partial charge in [-0.2, -0.15) is 0 Å². The summed E-state index contributed by atoms with van der Waals surface area (Å²) in [6.07, 6.45) is 3.77. The Morgan fingerprint density at radius 3 is 3.07 bits per heavy atom. The molecule has 0 aliphatic heterocycles. The normalized spacial score (nSPS) is 13.0. The molecule has 1 atom stereocenters. The van der Waals surface area contributed by atoms with Gasteiger partial charge in [-0.15, -0.1) is 0 Å². The Labute approximate surface area is 85.7 Å². The van der Waals surface area contributed by atoms with Crippen LogP contribution >= 0.6 is 0 Å². The van der Waals surface area contributed by atoms with Crippen LogP contribution in [0.5, 0.6) is 0 Å². The van der Waals surface area contributed by atoms with Crippen molar-refractivity contribution in [2.75, 3.05) is 19.6 Å². The van der Waals surface area contributed by atoms with E-state index in [1.165, 1.54) is 0 Å². The van der Waals surface area contributed by atoms with Gasteiger partial charge < -0.3 is 15.5 Å². The average molecular weight is 196 g/mol. The summed E-state index contributed by atoms with van der Waals surface area (Å²) >= 11 is 0. The van der Waals surface area contributed by atoms with Crippen molar-refractivity contribution in [1.29, 1.82) is 0 Å². The summed E-state index contributed by atoms with van der Waals surface area (Å²) in [5.41, 5.74) is 5.47. The highest BCUT2D eigenvalue weighted by molar-refractivity contribution is 4.98. The lowest BCUT2D eigenvalue weighted by Gasteiger charge is -2.10. The molecule has 3 N–H and O–H groups in total. The van der Waals surface area contributed by atoms with Gasteiger partial charge in [0.05, 0.1) is 6.26 Å². The van der Waals surface area contributed by atoms with E-state index in [1.54, 1.807) is 6.26 Å². The van der Waals surface area contributed by atoms with Crippen LogP contribution in [0.2, 0.25) is 0 Å². The monoisotopic (exact) mass is 196 g/mol. The third-order valence-electron chi connectivity index (χ3n) is 2.28. The molecule has 1 aromatic heterocycles. The summed E-state index contributed by atoms with van der Waals surface area (Å²) in [6, 6.07) is 3.93. The molecule has 0 aliphatic rings. The highest BCUT2D eigenvalue weighted by Gasteiger charge is 2.00. The molecule has 14 heavy (non-hydrogen) atoms. The zero-order valence-corrected chi connectivity index (χ0v) is 8.83. The van der Waals surface area contributed by atoms with Gasteiger partial charge in [0.15, 0.2) is 0 Å². The summed E-state index contributed by atoms with van der Waals surface area (Å²) in [5.74, 6) is 1.71. The number of hydrogen-bond donors (Lipinski definition) is 2. The summed E-state index contributed by atoms with van der Waals surface area (Å²) in [7, 11) is 0. The molecule has 0 radical (unpaired) electrons. The Kier molecular flexibility index (Phi) is 5.33. The van der Waals surface area contributed by atoms with Crippen molar-refractivity contribution in [2.24, 2.45) is 11.7 Å². The highest BCUT2D eigenvalue weighted by Crippen LogP contribution is 2.00. The third kappa shape index (κ3) is 4.44. The molecule has 1 unspecified atom stereocenters. The lowest BCUT2D eigenvalue weighted by atomic mass is 10.1. The van der Waals surface area contributed by atoms with Crippen molar-refractivity contribution < 1.29 is 4.42 Å². The van der Waals surface area contributed by atoms with Crippen LogP contribution in [0.15, 0.2) is 22.8 Å². The first-order valence-electron chi connectivity index (χ1n) is 5.26. The molecule has 0 bridgehead atoms. The van der Waals surface area contributed by atoms with Crippen LogP contribution < -0.4 is 11.1 Å². The zero-order chi connectivity index (χ0) is 10.2. The Morgan fingerprint density at radius 1 is 1.57 bits per heavy atom. The topological polar surface area (TPSA) is 51.2 Å². The Balaban J connectivity index is 1.99. The van der Waals surface area contributed by atoms with Crippen LogP contribution in [0, 0.1) is 5.92 Å². The van der Waals surface area contributed by atoms with E-state index in [4.69, 9.17) is 10.2 Å². The molecule has 0 saturated carbocycles. The van der Waals surface area contributed by atoms with Crippen LogP contribution in [-0.4, -0.2) is 19.6 Å². The van der Waals surface area contributed by atoms with Gasteiger partial charge in [0, 0.05) is 13.0 Å². The SMILES string of the molecule is CC(CCN)CNCCc1ccco1. The van der Waals surface area contributed by atoms with E-state index < -0.39 is 0 Å². The number of rotatable bonds is 7. The molecule has 1 heterocycles. The number of nitrogens with one attached hydrogen (secondary N) is 1. The van der Waals surface area contributed by atoms with Crippen LogP contribution in [0.1, 0.15) is 19.1 Å². The standard InChI is InChI=1S/C11H20N2O/c1-10(4-6-12)9-13-7-5-11-3-2-8-14-11/h2-3,8,10,13H,4-7,9,12H2,1H3. The first kappa shape index (κ1) is 11.3. The van der Waals surface area contributed by atoms with Crippen molar-refractivity contribution in [3.8, 4) is 0 Å². The van der Waals surface area contributed by atoms with Crippen molar-refractivity contribution in [3.05, 3.63) is 24.2 Å². The van der Waals surface area contributed by atoms with E-state index in [0.29, 0.717) is 5.92 Å². The van der Waals surface area contributed by atoms with Crippen LogP contribution in [0.25, 0.3) is 0 Å². The molecule has 3 nitrogen and oxygen atoms in total. The molecule has 1 aromatic rings. The van der Waals surface area contributed by atoms with E-state index in [0.717, 1.165) is 38.2 Å². The molecular formula is C11H20N2O. The second kappa shape index (κ2) is 6.62. The van der Waals surface area contributed by atoms with Crippen molar-refractivity contribution in [1.82, 2.24) is 5.32 Å². The Hall–Kier alpha value is -0.800. The van der Waals surface area contributed by atoms with Gasteiger partial charge in [-0.3, -0.25) is 0 Å². The molecule has 0 amide bonds. The molecule has 0 spiro atoms. The van der Waals surface area contributed by atoms with Gasteiger partial charge in [-0.1, -0.05) is 6.92 Å². The average Bonchev–Trinajstić information content (AvgIpc) is 2.65. The second-order valence-corrected chi connectivity index (χ2v) is 3.72. The van der Waals surface area contributed by atoms with Crippen molar-refractivity contribution in [3.63, 3.8) is 0 Å². The van der Waals surface area contributed by atoms with Gasteiger partial charge in [0.2, 0.25) is 0 Å². The highest BCUT2D eigenvalue weighted by atomic mass is 16.3. The predicted molar refractivity (Wildman–Crippen MR) is 58.1 cm³/mol. The van der Waals surface area contributed by atoms with Gasteiger partial charge in [-0.25, -0.2) is 0 Å². The second-order valence-electron chi connectivity index (χ2n) is 3.72. The molecule has 0 saturated heterocycles. The minimum absolute atomic E-state index is 0.664. The van der Waals surface area contributed by atoms with Gasteiger partial charge in [0.25, 0.3) is 0 Å². The first-order valence-corrected chi connectivity index (χ1v) is 5.26. The molecule has 3 heteroatoms. The van der Waals surface area contributed by atoms with E-state index in [9.17, 15) is 0 Å². The zero-order valence-electron chi connectivity index (χ0n) is 8.83. The summed E-state index contributed by atoms with van der Waals surface area (Å²) in [6.45, 7) is 5.01. The fourth-order valence-corrected chi connectivity index (χ4v) is 1.40. The number of hydrogen-bond acceptors (Lipinski definition) is 3. The molecule has 80 valence electrons. The lowest BCUT2D eigenvalue weighted by Crippen LogP contribution is -2.24. The molecule has 0 aromatic carbocycles. The van der Waals surface area contributed by atoms with Gasteiger partial charge >= 0.3 is 0 Å². The minimum Gasteiger partial charge on any atom is -0.469 e. The predicted octanol–water partition coefficient (Wildman–Crippen LogP) is 1.40.